The fourth-order valence-electron chi connectivity index (χ4n) is 3.70. The highest BCUT2D eigenvalue weighted by Crippen LogP contribution is 2.40. The Balaban J connectivity index is 1.56. The number of nitrogens with one attached hydrogen (secondary N) is 1. The van der Waals surface area contributed by atoms with Crippen molar-refractivity contribution in [1.29, 1.82) is 0 Å². The van der Waals surface area contributed by atoms with E-state index in [-0.39, 0.29) is 11.9 Å². The molecule has 142 valence electrons. The topological polar surface area (TPSA) is 54.9 Å². The monoisotopic (exact) mass is 379 g/mol. The van der Waals surface area contributed by atoms with Gasteiger partial charge in [0.15, 0.2) is 0 Å². The standard InChI is InChI=1S/C25H21N3O/c29-25(20-16-23(17-13-14-17)27-21-11-5-4-10-19(20)21)28-24(18-8-2-1-3-9-18)22-12-6-7-15-26-22/h1-12,15-17,24H,13-14H2,(H,28,29). The van der Waals surface area contributed by atoms with Gasteiger partial charge in [-0.3, -0.25) is 14.8 Å². The molecule has 1 unspecified atom stereocenters. The Hall–Kier alpha value is -3.53. The zero-order chi connectivity index (χ0) is 19.6. The number of nitrogens with zero attached hydrogens (tertiary/aromatic N) is 2. The summed E-state index contributed by atoms with van der Waals surface area (Å²) in [5.41, 5.74) is 4.38. The van der Waals surface area contributed by atoms with Crippen molar-refractivity contribution in [3.05, 3.63) is 108 Å². The number of amides is 1. The van der Waals surface area contributed by atoms with Gasteiger partial charge in [0.05, 0.1) is 22.8 Å². The van der Waals surface area contributed by atoms with Gasteiger partial charge in [-0.1, -0.05) is 54.6 Å². The molecule has 5 rings (SSSR count). The second-order valence-electron chi connectivity index (χ2n) is 7.46. The SMILES string of the molecule is O=C(NC(c1ccccc1)c1ccccn1)c1cc(C2CC2)nc2ccccc12. The molecule has 0 radical (unpaired) electrons. The van der Waals surface area contributed by atoms with Crippen molar-refractivity contribution in [1.82, 2.24) is 15.3 Å². The molecule has 4 nitrogen and oxygen atoms in total. The Morgan fingerprint density at radius 3 is 2.45 bits per heavy atom. The van der Waals surface area contributed by atoms with E-state index in [0.717, 1.165) is 40.7 Å². The van der Waals surface area contributed by atoms with E-state index in [1.807, 2.05) is 78.9 Å². The van der Waals surface area contributed by atoms with Gasteiger partial charge in [0.2, 0.25) is 0 Å². The van der Waals surface area contributed by atoms with E-state index < -0.39 is 0 Å². The molecule has 0 saturated heterocycles. The van der Waals surface area contributed by atoms with Crippen LogP contribution in [0, 0.1) is 0 Å². The Bertz CT molecular complexity index is 1120. The summed E-state index contributed by atoms with van der Waals surface area (Å²) in [7, 11) is 0. The fraction of sp³-hybridized carbons (Fsp3) is 0.160. The molecule has 1 fully saturated rings. The molecule has 0 spiro atoms. The summed E-state index contributed by atoms with van der Waals surface area (Å²) >= 11 is 0. The second-order valence-corrected chi connectivity index (χ2v) is 7.46. The first-order valence-corrected chi connectivity index (χ1v) is 9.96. The van der Waals surface area contributed by atoms with Crippen molar-refractivity contribution in [3.63, 3.8) is 0 Å². The molecular weight excluding hydrogens is 358 g/mol. The Kier molecular flexibility index (Phi) is 4.53. The van der Waals surface area contributed by atoms with Gasteiger partial charge in [0, 0.05) is 23.2 Å². The van der Waals surface area contributed by atoms with Crippen LogP contribution in [0.4, 0.5) is 0 Å². The number of carbonyl (C=O) groups is 1. The number of para-hydroxylation sites is 1. The van der Waals surface area contributed by atoms with Gasteiger partial charge in [-0.2, -0.15) is 0 Å². The zero-order valence-corrected chi connectivity index (χ0v) is 16.0. The number of hydrogen-bond acceptors (Lipinski definition) is 3. The quantitative estimate of drug-likeness (QED) is 0.529. The molecule has 0 aliphatic heterocycles. The molecule has 4 aromatic rings. The third-order valence-electron chi connectivity index (χ3n) is 5.37. The Morgan fingerprint density at radius 2 is 1.69 bits per heavy atom. The summed E-state index contributed by atoms with van der Waals surface area (Å²) < 4.78 is 0. The summed E-state index contributed by atoms with van der Waals surface area (Å²) in [6.07, 6.45) is 4.05. The van der Waals surface area contributed by atoms with E-state index in [0.29, 0.717) is 11.5 Å². The molecule has 1 saturated carbocycles. The van der Waals surface area contributed by atoms with Crippen LogP contribution in [0.2, 0.25) is 0 Å². The predicted molar refractivity (Wildman–Crippen MR) is 114 cm³/mol. The first-order chi connectivity index (χ1) is 14.3. The smallest absolute Gasteiger partial charge is 0.252 e. The molecule has 1 aliphatic carbocycles. The minimum atomic E-state index is -0.318. The Labute approximate surface area is 169 Å². The van der Waals surface area contributed by atoms with E-state index >= 15 is 0 Å². The molecule has 2 aromatic heterocycles. The summed E-state index contributed by atoms with van der Waals surface area (Å²) in [6.45, 7) is 0. The van der Waals surface area contributed by atoms with Crippen LogP contribution in [0.15, 0.2) is 85.1 Å². The first kappa shape index (κ1) is 17.6. The third kappa shape index (κ3) is 3.61. The van der Waals surface area contributed by atoms with E-state index in [9.17, 15) is 4.79 Å². The summed E-state index contributed by atoms with van der Waals surface area (Å²) in [4.78, 5) is 22.7. The van der Waals surface area contributed by atoms with E-state index in [1.165, 1.54) is 0 Å². The summed E-state index contributed by atoms with van der Waals surface area (Å²) in [5, 5.41) is 4.09. The van der Waals surface area contributed by atoms with Crippen molar-refractivity contribution in [3.8, 4) is 0 Å². The highest BCUT2D eigenvalue weighted by molar-refractivity contribution is 6.06. The van der Waals surface area contributed by atoms with Crippen LogP contribution in [0.1, 0.15) is 52.1 Å². The summed E-state index contributed by atoms with van der Waals surface area (Å²) in [5.74, 6) is 0.372. The largest absolute Gasteiger partial charge is 0.340 e. The predicted octanol–water partition coefficient (Wildman–Crippen LogP) is 5.03. The molecule has 1 N–H and O–H groups in total. The molecule has 4 heteroatoms. The van der Waals surface area contributed by atoms with Gasteiger partial charge in [0.1, 0.15) is 0 Å². The van der Waals surface area contributed by atoms with Crippen LogP contribution in [-0.4, -0.2) is 15.9 Å². The van der Waals surface area contributed by atoms with E-state index in [4.69, 9.17) is 4.98 Å². The fourth-order valence-corrected chi connectivity index (χ4v) is 3.70. The maximum atomic E-state index is 13.4. The summed E-state index contributed by atoms with van der Waals surface area (Å²) in [6, 6.07) is 25.2. The van der Waals surface area contributed by atoms with Crippen molar-refractivity contribution in [2.75, 3.05) is 0 Å². The average Bonchev–Trinajstić information content (AvgIpc) is 3.63. The molecule has 29 heavy (non-hydrogen) atoms. The number of pyridine rings is 2. The van der Waals surface area contributed by atoms with Crippen LogP contribution < -0.4 is 5.32 Å². The molecule has 0 bridgehead atoms. The van der Waals surface area contributed by atoms with Gasteiger partial charge in [-0.05, 0) is 42.7 Å². The number of aromatic nitrogens is 2. The number of benzene rings is 2. The molecule has 2 aromatic carbocycles. The number of hydrogen-bond donors (Lipinski definition) is 1. The van der Waals surface area contributed by atoms with Crippen LogP contribution in [0.3, 0.4) is 0 Å². The normalized spacial score (nSPS) is 14.5. The maximum Gasteiger partial charge on any atom is 0.252 e. The van der Waals surface area contributed by atoms with Gasteiger partial charge in [-0.25, -0.2) is 0 Å². The van der Waals surface area contributed by atoms with Crippen molar-refractivity contribution >= 4 is 16.8 Å². The number of rotatable bonds is 5. The Morgan fingerprint density at radius 1 is 0.931 bits per heavy atom. The van der Waals surface area contributed by atoms with Gasteiger partial charge in [-0.15, -0.1) is 0 Å². The highest BCUT2D eigenvalue weighted by Gasteiger charge is 2.27. The first-order valence-electron chi connectivity index (χ1n) is 9.96. The van der Waals surface area contributed by atoms with Crippen LogP contribution in [-0.2, 0) is 0 Å². The lowest BCUT2D eigenvalue weighted by atomic mass is 10.0. The van der Waals surface area contributed by atoms with E-state index in [2.05, 4.69) is 10.3 Å². The van der Waals surface area contributed by atoms with Crippen molar-refractivity contribution < 1.29 is 4.79 Å². The lowest BCUT2D eigenvalue weighted by Crippen LogP contribution is -2.30. The van der Waals surface area contributed by atoms with E-state index in [1.54, 1.807) is 6.20 Å². The minimum Gasteiger partial charge on any atom is -0.340 e. The average molecular weight is 379 g/mol. The van der Waals surface area contributed by atoms with Gasteiger partial charge < -0.3 is 5.32 Å². The van der Waals surface area contributed by atoms with Gasteiger partial charge in [0.25, 0.3) is 5.91 Å². The van der Waals surface area contributed by atoms with Crippen LogP contribution in [0.25, 0.3) is 10.9 Å². The third-order valence-corrected chi connectivity index (χ3v) is 5.37. The lowest BCUT2D eigenvalue weighted by Gasteiger charge is -2.20. The van der Waals surface area contributed by atoms with Gasteiger partial charge >= 0.3 is 0 Å². The molecule has 2 heterocycles. The highest BCUT2D eigenvalue weighted by atomic mass is 16.1. The molecule has 1 aliphatic rings. The van der Waals surface area contributed by atoms with Crippen LogP contribution in [0.5, 0.6) is 0 Å². The second kappa shape index (κ2) is 7.47. The number of carbonyl (C=O) groups excluding carboxylic acids is 1. The number of fused-ring (bicyclic) bond motifs is 1. The molecular formula is C25H21N3O. The zero-order valence-electron chi connectivity index (χ0n) is 16.0. The van der Waals surface area contributed by atoms with Crippen molar-refractivity contribution in [2.24, 2.45) is 0 Å². The lowest BCUT2D eigenvalue weighted by molar-refractivity contribution is 0.0944. The maximum absolute atomic E-state index is 13.4. The molecule has 1 atom stereocenters. The molecule has 1 amide bonds. The van der Waals surface area contributed by atoms with Crippen LogP contribution >= 0.6 is 0 Å². The minimum absolute atomic E-state index is 0.106. The van der Waals surface area contributed by atoms with Crippen molar-refractivity contribution in [2.45, 2.75) is 24.8 Å².